The zero-order chi connectivity index (χ0) is 19.6. The van der Waals surface area contributed by atoms with Crippen LogP contribution in [0.4, 0.5) is 0 Å². The fourth-order valence-electron chi connectivity index (χ4n) is 4.52. The number of hydrogen-bond acceptors (Lipinski definition) is 6. The summed E-state index contributed by atoms with van der Waals surface area (Å²) in [7, 11) is 0. The number of hydrogen-bond donors (Lipinski definition) is 2. The minimum Gasteiger partial charge on any atom is -0.486 e. The molecule has 1 amide bonds. The van der Waals surface area contributed by atoms with Crippen molar-refractivity contribution in [2.75, 3.05) is 32.8 Å². The summed E-state index contributed by atoms with van der Waals surface area (Å²) >= 11 is 0. The molecule has 28 heavy (non-hydrogen) atoms. The summed E-state index contributed by atoms with van der Waals surface area (Å²) in [5, 5.41) is 13.8. The van der Waals surface area contributed by atoms with Crippen LogP contribution < -0.4 is 14.8 Å². The van der Waals surface area contributed by atoms with Gasteiger partial charge in [0.05, 0.1) is 11.6 Å². The lowest BCUT2D eigenvalue weighted by Gasteiger charge is -2.49. The number of piperidine rings is 1. The number of fused-ring (bicyclic) bond motifs is 1. The van der Waals surface area contributed by atoms with Crippen LogP contribution in [-0.2, 0) is 9.53 Å². The standard InChI is InChI=1S/C21H30N2O5/c1-2-5-19-21(27-14-20(25)22-19)8-10-23(11-9-21)12-15(24)18-13-26-16-6-3-4-7-17(16)28-18/h3-4,6-7,15,18-19,24H,2,5,8-14H2,1H3,(H,22,25). The van der Waals surface area contributed by atoms with Crippen molar-refractivity contribution in [3.8, 4) is 11.5 Å². The maximum absolute atomic E-state index is 11.7. The predicted octanol–water partition coefficient (Wildman–Crippen LogP) is 1.34. The lowest BCUT2D eigenvalue weighted by molar-refractivity contribution is -0.163. The van der Waals surface area contributed by atoms with Gasteiger partial charge < -0.3 is 29.5 Å². The lowest BCUT2D eigenvalue weighted by Crippen LogP contribution is -2.64. The molecule has 3 aliphatic heterocycles. The molecule has 3 aliphatic rings. The Morgan fingerprint density at radius 1 is 1.29 bits per heavy atom. The largest absolute Gasteiger partial charge is 0.486 e. The summed E-state index contributed by atoms with van der Waals surface area (Å²) in [6.45, 7) is 4.83. The van der Waals surface area contributed by atoms with Crippen molar-refractivity contribution in [1.82, 2.24) is 10.2 Å². The van der Waals surface area contributed by atoms with Crippen molar-refractivity contribution in [2.24, 2.45) is 0 Å². The van der Waals surface area contributed by atoms with Gasteiger partial charge in [0, 0.05) is 19.6 Å². The molecule has 2 N–H and O–H groups in total. The molecule has 1 spiro atoms. The van der Waals surface area contributed by atoms with Gasteiger partial charge in [-0.15, -0.1) is 0 Å². The normalized spacial score (nSPS) is 28.0. The highest BCUT2D eigenvalue weighted by Crippen LogP contribution is 2.35. The molecule has 2 fully saturated rings. The first-order valence-electron chi connectivity index (χ1n) is 10.3. The van der Waals surface area contributed by atoms with Crippen LogP contribution in [0.2, 0.25) is 0 Å². The van der Waals surface area contributed by atoms with Gasteiger partial charge in [0.15, 0.2) is 17.6 Å². The number of aliphatic hydroxyl groups is 1. The van der Waals surface area contributed by atoms with E-state index < -0.39 is 6.10 Å². The third-order valence-electron chi connectivity index (χ3n) is 6.15. The molecule has 0 aliphatic carbocycles. The molecule has 7 nitrogen and oxygen atoms in total. The van der Waals surface area contributed by atoms with Crippen LogP contribution in [0.3, 0.4) is 0 Å². The van der Waals surface area contributed by atoms with Gasteiger partial charge in [-0.25, -0.2) is 0 Å². The number of carbonyl (C=O) groups excluding carboxylic acids is 1. The van der Waals surface area contributed by atoms with Crippen molar-refractivity contribution < 1.29 is 24.1 Å². The van der Waals surface area contributed by atoms with Crippen LogP contribution in [0.25, 0.3) is 0 Å². The molecule has 1 aromatic rings. The van der Waals surface area contributed by atoms with Gasteiger partial charge in [-0.3, -0.25) is 4.79 Å². The van der Waals surface area contributed by atoms with Crippen LogP contribution in [0.5, 0.6) is 11.5 Å². The fraction of sp³-hybridized carbons (Fsp3) is 0.667. The van der Waals surface area contributed by atoms with Gasteiger partial charge in [-0.05, 0) is 31.4 Å². The van der Waals surface area contributed by atoms with E-state index in [9.17, 15) is 9.90 Å². The minimum absolute atomic E-state index is 0.0170. The van der Waals surface area contributed by atoms with E-state index in [1.54, 1.807) is 0 Å². The van der Waals surface area contributed by atoms with E-state index in [-0.39, 0.29) is 30.3 Å². The zero-order valence-corrected chi connectivity index (χ0v) is 16.4. The van der Waals surface area contributed by atoms with Gasteiger partial charge in [-0.1, -0.05) is 25.5 Å². The monoisotopic (exact) mass is 390 g/mol. The number of morpholine rings is 1. The molecule has 0 radical (unpaired) electrons. The number of nitrogens with zero attached hydrogens (tertiary/aromatic N) is 1. The number of carbonyl (C=O) groups is 1. The average Bonchev–Trinajstić information content (AvgIpc) is 2.72. The van der Waals surface area contributed by atoms with Crippen LogP contribution in [0.1, 0.15) is 32.6 Å². The lowest BCUT2D eigenvalue weighted by atomic mass is 9.80. The first-order valence-corrected chi connectivity index (χ1v) is 10.3. The Bertz CT molecular complexity index is 689. The first kappa shape index (κ1) is 19.5. The Kier molecular flexibility index (Phi) is 5.75. The summed E-state index contributed by atoms with van der Waals surface area (Å²) in [6, 6.07) is 7.62. The van der Waals surface area contributed by atoms with Crippen molar-refractivity contribution in [1.29, 1.82) is 0 Å². The molecule has 3 unspecified atom stereocenters. The molecule has 7 heteroatoms. The fourth-order valence-corrected chi connectivity index (χ4v) is 4.52. The molecule has 0 aromatic heterocycles. The third-order valence-corrected chi connectivity index (χ3v) is 6.15. The number of benzene rings is 1. The average molecular weight is 390 g/mol. The number of likely N-dealkylation sites (tertiary alicyclic amines) is 1. The second-order valence-corrected chi connectivity index (χ2v) is 8.04. The predicted molar refractivity (Wildman–Crippen MR) is 104 cm³/mol. The minimum atomic E-state index is -0.624. The number of amides is 1. The summed E-state index contributed by atoms with van der Waals surface area (Å²) < 4.78 is 17.7. The maximum atomic E-state index is 11.7. The van der Waals surface area contributed by atoms with E-state index >= 15 is 0 Å². The van der Waals surface area contributed by atoms with Crippen LogP contribution in [-0.4, -0.2) is 72.6 Å². The molecular weight excluding hydrogens is 360 g/mol. The van der Waals surface area contributed by atoms with E-state index in [0.29, 0.717) is 18.9 Å². The topological polar surface area (TPSA) is 80.3 Å². The van der Waals surface area contributed by atoms with Gasteiger partial charge in [-0.2, -0.15) is 0 Å². The molecule has 2 saturated heterocycles. The second-order valence-electron chi connectivity index (χ2n) is 8.04. The number of para-hydroxylation sites is 2. The van der Waals surface area contributed by atoms with Crippen molar-refractivity contribution >= 4 is 5.91 Å². The molecule has 0 bridgehead atoms. The Hall–Kier alpha value is -1.83. The number of nitrogens with one attached hydrogen (secondary N) is 1. The molecule has 154 valence electrons. The van der Waals surface area contributed by atoms with Gasteiger partial charge in [0.1, 0.15) is 19.3 Å². The number of rotatable bonds is 5. The van der Waals surface area contributed by atoms with Gasteiger partial charge in [0.25, 0.3) is 0 Å². The quantitative estimate of drug-likeness (QED) is 0.790. The molecule has 3 atom stereocenters. The Labute approximate surface area is 165 Å². The highest BCUT2D eigenvalue weighted by molar-refractivity contribution is 5.78. The smallest absolute Gasteiger partial charge is 0.246 e. The molecular formula is C21H30N2O5. The van der Waals surface area contributed by atoms with Crippen molar-refractivity contribution in [2.45, 2.75) is 56.5 Å². The SMILES string of the molecule is CCCC1NC(=O)COC12CCN(CC(O)C1COc3ccccc3O1)CC2. The number of aliphatic hydroxyl groups excluding tert-OH is 1. The molecule has 4 rings (SSSR count). The zero-order valence-electron chi connectivity index (χ0n) is 16.4. The maximum Gasteiger partial charge on any atom is 0.246 e. The number of β-amino-alcohol motifs (C(OH)–C–C–N with tert-alkyl or cyclic N) is 1. The van der Waals surface area contributed by atoms with Crippen LogP contribution in [0, 0.1) is 0 Å². The molecule has 1 aromatic carbocycles. The molecule has 0 saturated carbocycles. The van der Waals surface area contributed by atoms with Gasteiger partial charge in [0.2, 0.25) is 5.91 Å². The molecule has 3 heterocycles. The van der Waals surface area contributed by atoms with E-state index in [4.69, 9.17) is 14.2 Å². The Morgan fingerprint density at radius 2 is 2.04 bits per heavy atom. The summed E-state index contributed by atoms with van der Waals surface area (Å²) in [6.07, 6.45) is 2.66. The van der Waals surface area contributed by atoms with E-state index in [1.807, 2.05) is 24.3 Å². The third kappa shape index (κ3) is 3.97. The van der Waals surface area contributed by atoms with Crippen molar-refractivity contribution in [3.63, 3.8) is 0 Å². The first-order chi connectivity index (χ1) is 13.6. The highest BCUT2D eigenvalue weighted by atomic mass is 16.6. The number of ether oxygens (including phenoxy) is 3. The van der Waals surface area contributed by atoms with Crippen molar-refractivity contribution in [3.05, 3.63) is 24.3 Å². The Morgan fingerprint density at radius 3 is 2.79 bits per heavy atom. The summed E-state index contributed by atoms with van der Waals surface area (Å²) in [4.78, 5) is 14.0. The van der Waals surface area contributed by atoms with E-state index in [1.165, 1.54) is 0 Å². The van der Waals surface area contributed by atoms with Gasteiger partial charge >= 0.3 is 0 Å². The van der Waals surface area contributed by atoms with Crippen LogP contribution in [0.15, 0.2) is 24.3 Å². The Balaban J connectivity index is 1.31. The van der Waals surface area contributed by atoms with E-state index in [2.05, 4.69) is 17.1 Å². The highest BCUT2D eigenvalue weighted by Gasteiger charge is 2.46. The van der Waals surface area contributed by atoms with E-state index in [0.717, 1.165) is 44.5 Å². The second kappa shape index (κ2) is 8.27. The summed E-state index contributed by atoms with van der Waals surface area (Å²) in [5.41, 5.74) is -0.269. The summed E-state index contributed by atoms with van der Waals surface area (Å²) in [5.74, 6) is 1.39. The van der Waals surface area contributed by atoms with Crippen LogP contribution >= 0.6 is 0 Å².